The highest BCUT2D eigenvalue weighted by molar-refractivity contribution is 7.92. The van der Waals surface area contributed by atoms with E-state index in [2.05, 4.69) is 4.72 Å². The number of sulfonamides is 1. The zero-order valence-electron chi connectivity index (χ0n) is 13.8. The number of hydrogen-bond acceptors (Lipinski definition) is 3. The molecule has 1 amide bonds. The fourth-order valence-electron chi connectivity index (χ4n) is 2.23. The van der Waals surface area contributed by atoms with Crippen LogP contribution in [0.2, 0.25) is 10.0 Å². The van der Waals surface area contributed by atoms with Crippen molar-refractivity contribution in [1.82, 2.24) is 4.90 Å². The molecule has 5 nitrogen and oxygen atoms in total. The molecule has 2 rings (SSSR count). The molecule has 0 aliphatic heterocycles. The van der Waals surface area contributed by atoms with Crippen molar-refractivity contribution in [2.24, 2.45) is 0 Å². The lowest BCUT2D eigenvalue weighted by Crippen LogP contribution is -2.30. The molecule has 25 heavy (non-hydrogen) atoms. The van der Waals surface area contributed by atoms with E-state index in [4.69, 9.17) is 23.2 Å². The first-order chi connectivity index (χ1) is 11.8. The van der Waals surface area contributed by atoms with E-state index < -0.39 is 10.0 Å². The molecule has 0 aliphatic rings. The Balaban J connectivity index is 2.20. The van der Waals surface area contributed by atoms with Gasteiger partial charge in [0.25, 0.3) is 15.9 Å². The number of benzene rings is 2. The van der Waals surface area contributed by atoms with E-state index in [1.54, 1.807) is 29.2 Å². The lowest BCUT2D eigenvalue weighted by Gasteiger charge is -2.18. The molecule has 8 heteroatoms. The normalized spacial score (nSPS) is 11.2. The summed E-state index contributed by atoms with van der Waals surface area (Å²) in [6.07, 6.45) is 0. The van der Waals surface area contributed by atoms with Crippen molar-refractivity contribution in [3.8, 4) is 0 Å². The molecular weight excluding hydrogens is 383 g/mol. The van der Waals surface area contributed by atoms with Crippen molar-refractivity contribution < 1.29 is 13.2 Å². The summed E-state index contributed by atoms with van der Waals surface area (Å²) in [6.45, 7) is 5.03. The Bertz CT molecular complexity index is 864. The topological polar surface area (TPSA) is 66.5 Å². The summed E-state index contributed by atoms with van der Waals surface area (Å²) < 4.78 is 27.2. The Morgan fingerprint density at radius 1 is 1.00 bits per heavy atom. The van der Waals surface area contributed by atoms with E-state index in [0.29, 0.717) is 24.3 Å². The van der Waals surface area contributed by atoms with Gasteiger partial charge in [-0.3, -0.25) is 9.52 Å². The third-order valence-electron chi connectivity index (χ3n) is 3.64. The van der Waals surface area contributed by atoms with Crippen LogP contribution < -0.4 is 4.72 Å². The van der Waals surface area contributed by atoms with Crippen molar-refractivity contribution in [3.63, 3.8) is 0 Å². The van der Waals surface area contributed by atoms with Crippen molar-refractivity contribution >= 4 is 44.8 Å². The summed E-state index contributed by atoms with van der Waals surface area (Å²) in [5.41, 5.74) is 0.850. The molecule has 1 N–H and O–H groups in total. The summed E-state index contributed by atoms with van der Waals surface area (Å²) in [4.78, 5) is 13.9. The number of nitrogens with one attached hydrogen (secondary N) is 1. The summed E-state index contributed by atoms with van der Waals surface area (Å²) in [5.74, 6) is -0.0936. The maximum absolute atomic E-state index is 12.4. The van der Waals surface area contributed by atoms with Crippen LogP contribution in [0, 0.1) is 0 Å². The molecular formula is C17H18Cl2N2O3S. The summed E-state index contributed by atoms with van der Waals surface area (Å²) in [5, 5.41) is 0.435. The van der Waals surface area contributed by atoms with E-state index in [-0.39, 0.29) is 20.8 Å². The minimum absolute atomic E-state index is 0.00481. The predicted molar refractivity (Wildman–Crippen MR) is 101 cm³/mol. The minimum atomic E-state index is -3.80. The van der Waals surface area contributed by atoms with Crippen LogP contribution in [0.5, 0.6) is 0 Å². The zero-order valence-corrected chi connectivity index (χ0v) is 16.1. The fraction of sp³-hybridized carbons (Fsp3) is 0.235. The first-order valence-corrected chi connectivity index (χ1v) is 9.89. The van der Waals surface area contributed by atoms with Crippen molar-refractivity contribution in [3.05, 3.63) is 58.1 Å². The van der Waals surface area contributed by atoms with Crippen LogP contribution in [-0.2, 0) is 10.0 Å². The van der Waals surface area contributed by atoms with Crippen LogP contribution in [0.15, 0.2) is 47.4 Å². The molecule has 134 valence electrons. The Morgan fingerprint density at radius 2 is 1.60 bits per heavy atom. The molecule has 0 aliphatic carbocycles. The average molecular weight is 401 g/mol. The molecule has 0 fully saturated rings. The first-order valence-electron chi connectivity index (χ1n) is 7.65. The maximum atomic E-state index is 12.4. The summed E-state index contributed by atoms with van der Waals surface area (Å²) in [6, 6.07) is 10.3. The number of halogens is 2. The molecule has 0 bridgehead atoms. The molecule has 0 aromatic heterocycles. The summed E-state index contributed by atoms with van der Waals surface area (Å²) >= 11 is 11.7. The van der Waals surface area contributed by atoms with Crippen LogP contribution in [0.3, 0.4) is 0 Å². The lowest BCUT2D eigenvalue weighted by molar-refractivity contribution is 0.0773. The first kappa shape index (κ1) is 19.6. The Kier molecular flexibility index (Phi) is 6.32. The zero-order chi connectivity index (χ0) is 18.6. The van der Waals surface area contributed by atoms with Gasteiger partial charge in [0, 0.05) is 24.3 Å². The monoisotopic (exact) mass is 400 g/mol. The van der Waals surface area contributed by atoms with Gasteiger partial charge in [-0.2, -0.15) is 0 Å². The maximum Gasteiger partial charge on any atom is 0.261 e. The van der Waals surface area contributed by atoms with Gasteiger partial charge < -0.3 is 4.90 Å². The molecule has 0 radical (unpaired) electrons. The van der Waals surface area contributed by atoms with Gasteiger partial charge in [-0.1, -0.05) is 23.2 Å². The van der Waals surface area contributed by atoms with Gasteiger partial charge in [-0.05, 0) is 56.3 Å². The molecule has 0 spiro atoms. The SMILES string of the molecule is CCN(CC)C(=O)c1ccc(NS(=O)(=O)c2ccc(Cl)c(Cl)c2)cc1. The minimum Gasteiger partial charge on any atom is -0.339 e. The molecule has 0 saturated heterocycles. The Morgan fingerprint density at radius 3 is 2.12 bits per heavy atom. The Hall–Kier alpha value is -1.76. The van der Waals surface area contributed by atoms with Gasteiger partial charge >= 0.3 is 0 Å². The van der Waals surface area contributed by atoms with E-state index in [0.717, 1.165) is 0 Å². The number of amides is 1. The largest absolute Gasteiger partial charge is 0.339 e. The number of carbonyl (C=O) groups is 1. The number of nitrogens with zero attached hydrogens (tertiary/aromatic N) is 1. The fourth-order valence-corrected chi connectivity index (χ4v) is 3.68. The quantitative estimate of drug-likeness (QED) is 0.786. The molecule has 2 aromatic carbocycles. The second-order valence-electron chi connectivity index (χ2n) is 5.24. The number of carbonyl (C=O) groups excluding carboxylic acids is 1. The van der Waals surface area contributed by atoms with Crippen molar-refractivity contribution in [1.29, 1.82) is 0 Å². The van der Waals surface area contributed by atoms with Gasteiger partial charge in [-0.15, -0.1) is 0 Å². The van der Waals surface area contributed by atoms with Crippen LogP contribution in [0.4, 0.5) is 5.69 Å². The van der Waals surface area contributed by atoms with Gasteiger partial charge in [0.1, 0.15) is 0 Å². The highest BCUT2D eigenvalue weighted by Gasteiger charge is 2.17. The number of rotatable bonds is 6. The molecule has 0 unspecified atom stereocenters. The third kappa shape index (κ3) is 4.66. The van der Waals surface area contributed by atoms with Crippen molar-refractivity contribution in [2.75, 3.05) is 17.8 Å². The highest BCUT2D eigenvalue weighted by atomic mass is 35.5. The van der Waals surface area contributed by atoms with Gasteiger partial charge in [-0.25, -0.2) is 8.42 Å². The Labute approximate surface area is 157 Å². The van der Waals surface area contributed by atoms with E-state index in [1.807, 2.05) is 13.8 Å². The highest BCUT2D eigenvalue weighted by Crippen LogP contribution is 2.26. The summed E-state index contributed by atoms with van der Waals surface area (Å²) in [7, 11) is -3.80. The van der Waals surface area contributed by atoms with Crippen LogP contribution in [-0.4, -0.2) is 32.3 Å². The average Bonchev–Trinajstić information content (AvgIpc) is 2.58. The lowest BCUT2D eigenvalue weighted by atomic mass is 10.2. The molecule has 0 heterocycles. The number of anilines is 1. The van der Waals surface area contributed by atoms with Gasteiger partial charge in [0.2, 0.25) is 0 Å². The van der Waals surface area contributed by atoms with E-state index >= 15 is 0 Å². The number of hydrogen-bond donors (Lipinski definition) is 1. The molecule has 0 atom stereocenters. The van der Waals surface area contributed by atoms with Crippen molar-refractivity contribution in [2.45, 2.75) is 18.7 Å². The second kappa shape index (κ2) is 8.08. The van der Waals surface area contributed by atoms with Crippen LogP contribution in [0.25, 0.3) is 0 Å². The standard InChI is InChI=1S/C17H18Cl2N2O3S/c1-3-21(4-2)17(22)12-5-7-13(8-6-12)20-25(23,24)14-9-10-15(18)16(19)11-14/h5-11,20H,3-4H2,1-2H3. The molecule has 2 aromatic rings. The molecule has 0 saturated carbocycles. The van der Waals surface area contributed by atoms with Crippen LogP contribution in [0.1, 0.15) is 24.2 Å². The van der Waals surface area contributed by atoms with Gasteiger partial charge in [0.15, 0.2) is 0 Å². The van der Waals surface area contributed by atoms with E-state index in [9.17, 15) is 13.2 Å². The van der Waals surface area contributed by atoms with Crippen LogP contribution >= 0.6 is 23.2 Å². The second-order valence-corrected chi connectivity index (χ2v) is 7.73. The third-order valence-corrected chi connectivity index (χ3v) is 5.75. The smallest absolute Gasteiger partial charge is 0.261 e. The van der Waals surface area contributed by atoms with Gasteiger partial charge in [0.05, 0.1) is 14.9 Å². The predicted octanol–water partition coefficient (Wildman–Crippen LogP) is 4.28. The van der Waals surface area contributed by atoms with E-state index in [1.165, 1.54) is 18.2 Å².